The number of nitrogen functional groups attached to an aromatic ring is 1. The maximum absolute atomic E-state index is 13.1. The highest BCUT2D eigenvalue weighted by Gasteiger charge is 2.05. The van der Waals surface area contributed by atoms with Crippen LogP contribution in [0.1, 0.15) is 10.6 Å². The summed E-state index contributed by atoms with van der Waals surface area (Å²) in [7, 11) is 0. The summed E-state index contributed by atoms with van der Waals surface area (Å²) < 4.78 is 14.0. The van der Waals surface area contributed by atoms with Gasteiger partial charge in [0.1, 0.15) is 5.82 Å². The van der Waals surface area contributed by atoms with Crippen LogP contribution in [0.4, 0.5) is 10.1 Å². The number of aromatic nitrogens is 1. The topological polar surface area (TPSA) is 38.9 Å². The molecule has 0 radical (unpaired) electrons. The van der Waals surface area contributed by atoms with E-state index in [1.165, 1.54) is 17.7 Å². The molecule has 0 atom stereocenters. The number of fused-ring (bicyclic) bond motifs is 1. The molecule has 1 heterocycles. The van der Waals surface area contributed by atoms with Gasteiger partial charge in [-0.05, 0) is 42.3 Å². The lowest BCUT2D eigenvalue weighted by Gasteiger charge is -2.00. The average Bonchev–Trinajstić information content (AvgIpc) is 2.78. The van der Waals surface area contributed by atoms with Crippen molar-refractivity contribution in [1.29, 1.82) is 0 Å². The Hall–Kier alpha value is -1.94. The molecule has 0 fully saturated rings. The summed E-state index contributed by atoms with van der Waals surface area (Å²) in [5.74, 6) is -0.210. The minimum atomic E-state index is -0.210. The van der Waals surface area contributed by atoms with E-state index in [4.69, 9.17) is 5.73 Å². The lowest BCUT2D eigenvalue weighted by Crippen LogP contribution is -1.92. The van der Waals surface area contributed by atoms with Gasteiger partial charge in [-0.3, -0.25) is 0 Å². The Labute approximate surface area is 114 Å². The van der Waals surface area contributed by atoms with Crippen molar-refractivity contribution < 1.29 is 4.39 Å². The first kappa shape index (κ1) is 12.1. The van der Waals surface area contributed by atoms with Crippen molar-refractivity contribution in [2.24, 2.45) is 0 Å². The average molecular weight is 272 g/mol. The largest absolute Gasteiger partial charge is 0.399 e. The van der Waals surface area contributed by atoms with Crippen LogP contribution in [0.3, 0.4) is 0 Å². The monoisotopic (exact) mass is 272 g/mol. The van der Waals surface area contributed by atoms with Crippen LogP contribution in [0.25, 0.3) is 10.2 Å². The normalized spacial score (nSPS) is 11.0. The van der Waals surface area contributed by atoms with E-state index in [2.05, 4.69) is 11.1 Å². The molecular weight excluding hydrogens is 259 g/mol. The Morgan fingerprint density at radius 1 is 1.11 bits per heavy atom. The zero-order valence-corrected chi connectivity index (χ0v) is 11.1. The number of hydrogen-bond acceptors (Lipinski definition) is 3. The van der Waals surface area contributed by atoms with Crippen molar-refractivity contribution >= 4 is 27.2 Å². The number of benzene rings is 2. The molecule has 3 aromatic rings. The fourth-order valence-corrected chi connectivity index (χ4v) is 3.04. The summed E-state index contributed by atoms with van der Waals surface area (Å²) in [6.07, 6.45) is 1.75. The first-order valence-corrected chi connectivity index (χ1v) is 6.92. The summed E-state index contributed by atoms with van der Waals surface area (Å²) in [5.41, 5.74) is 8.60. The van der Waals surface area contributed by atoms with E-state index in [9.17, 15) is 4.39 Å². The van der Waals surface area contributed by atoms with Crippen LogP contribution in [-0.4, -0.2) is 4.98 Å². The molecule has 4 heteroatoms. The predicted molar refractivity (Wildman–Crippen MR) is 77.8 cm³/mol. The summed E-state index contributed by atoms with van der Waals surface area (Å²) >= 11 is 1.55. The number of hydrogen-bond donors (Lipinski definition) is 1. The summed E-state index contributed by atoms with van der Waals surface area (Å²) in [6.45, 7) is 0. The lowest BCUT2D eigenvalue weighted by atomic mass is 10.1. The van der Waals surface area contributed by atoms with Crippen LogP contribution >= 0.6 is 11.3 Å². The maximum Gasteiger partial charge on any atom is 0.124 e. The summed E-state index contributed by atoms with van der Waals surface area (Å²) in [4.78, 5) is 4.51. The summed E-state index contributed by atoms with van der Waals surface area (Å²) in [5, 5.41) is 1.03. The van der Waals surface area contributed by atoms with Crippen LogP contribution in [0.5, 0.6) is 0 Å². The molecule has 2 aromatic carbocycles. The molecule has 0 saturated carbocycles. The quantitative estimate of drug-likeness (QED) is 0.736. The van der Waals surface area contributed by atoms with Crippen molar-refractivity contribution in [3.63, 3.8) is 0 Å². The zero-order chi connectivity index (χ0) is 13.2. The second-order valence-electron chi connectivity index (χ2n) is 4.46. The van der Waals surface area contributed by atoms with Crippen molar-refractivity contribution in [1.82, 2.24) is 4.98 Å². The van der Waals surface area contributed by atoms with E-state index in [0.717, 1.165) is 33.8 Å². The molecule has 1 aromatic heterocycles. The number of nitrogens with two attached hydrogens (primary N) is 1. The number of halogens is 1. The Morgan fingerprint density at radius 3 is 2.84 bits per heavy atom. The van der Waals surface area contributed by atoms with Gasteiger partial charge in [-0.1, -0.05) is 12.1 Å². The van der Waals surface area contributed by atoms with Gasteiger partial charge in [0, 0.05) is 12.1 Å². The highest BCUT2D eigenvalue weighted by Crippen LogP contribution is 2.24. The second kappa shape index (κ2) is 4.97. The van der Waals surface area contributed by atoms with Gasteiger partial charge in [-0.25, -0.2) is 9.37 Å². The van der Waals surface area contributed by atoms with Crippen LogP contribution < -0.4 is 5.73 Å². The van der Waals surface area contributed by atoms with E-state index in [0.29, 0.717) is 0 Å². The standard InChI is InChI=1S/C15H13FN2S/c16-11-5-6-13-14(9-11)19-15(18-13)7-4-10-2-1-3-12(17)8-10/h1-3,5-6,8-9H,4,7,17H2. The number of nitrogens with zero attached hydrogens (tertiary/aromatic N) is 1. The molecule has 3 rings (SSSR count). The third-order valence-electron chi connectivity index (χ3n) is 2.97. The van der Waals surface area contributed by atoms with E-state index >= 15 is 0 Å². The molecule has 0 aliphatic rings. The van der Waals surface area contributed by atoms with Crippen LogP contribution in [0.15, 0.2) is 42.5 Å². The molecule has 0 aliphatic heterocycles. The van der Waals surface area contributed by atoms with Gasteiger partial charge in [0.25, 0.3) is 0 Å². The van der Waals surface area contributed by atoms with Gasteiger partial charge in [-0.15, -0.1) is 11.3 Å². The maximum atomic E-state index is 13.1. The van der Waals surface area contributed by atoms with Crippen molar-refractivity contribution in [3.05, 3.63) is 58.9 Å². The Bertz CT molecular complexity index is 721. The molecule has 0 amide bonds. The van der Waals surface area contributed by atoms with Gasteiger partial charge < -0.3 is 5.73 Å². The molecule has 0 unspecified atom stereocenters. The number of aryl methyl sites for hydroxylation is 2. The molecule has 0 aliphatic carbocycles. The smallest absolute Gasteiger partial charge is 0.124 e. The number of anilines is 1. The third kappa shape index (κ3) is 2.74. The van der Waals surface area contributed by atoms with Gasteiger partial charge in [0.05, 0.1) is 15.2 Å². The molecule has 0 bridgehead atoms. The van der Waals surface area contributed by atoms with Crippen molar-refractivity contribution in [2.45, 2.75) is 12.8 Å². The van der Waals surface area contributed by atoms with Crippen LogP contribution in [0, 0.1) is 5.82 Å². The minimum absolute atomic E-state index is 0.210. The van der Waals surface area contributed by atoms with Crippen LogP contribution in [0.2, 0.25) is 0 Å². The lowest BCUT2D eigenvalue weighted by molar-refractivity contribution is 0.630. The number of rotatable bonds is 3. The van der Waals surface area contributed by atoms with Gasteiger partial charge in [0.15, 0.2) is 0 Å². The molecule has 2 N–H and O–H groups in total. The SMILES string of the molecule is Nc1cccc(CCc2nc3ccc(F)cc3s2)c1. The van der Waals surface area contributed by atoms with E-state index < -0.39 is 0 Å². The first-order valence-electron chi connectivity index (χ1n) is 6.10. The molecule has 96 valence electrons. The van der Waals surface area contributed by atoms with Gasteiger partial charge in [0.2, 0.25) is 0 Å². The highest BCUT2D eigenvalue weighted by molar-refractivity contribution is 7.18. The minimum Gasteiger partial charge on any atom is -0.399 e. The fraction of sp³-hybridized carbons (Fsp3) is 0.133. The number of thiazole rings is 1. The second-order valence-corrected chi connectivity index (χ2v) is 5.58. The van der Waals surface area contributed by atoms with Gasteiger partial charge in [-0.2, -0.15) is 0 Å². The molecule has 0 spiro atoms. The summed E-state index contributed by atoms with van der Waals surface area (Å²) in [6, 6.07) is 12.6. The molecule has 0 saturated heterocycles. The Kier molecular flexibility index (Phi) is 3.17. The van der Waals surface area contributed by atoms with E-state index in [1.807, 2.05) is 18.2 Å². The predicted octanol–water partition coefficient (Wildman–Crippen LogP) is 3.80. The van der Waals surface area contributed by atoms with Gasteiger partial charge >= 0.3 is 0 Å². The molecule has 19 heavy (non-hydrogen) atoms. The Balaban J connectivity index is 1.78. The van der Waals surface area contributed by atoms with Crippen LogP contribution in [-0.2, 0) is 12.8 Å². The molecule has 2 nitrogen and oxygen atoms in total. The fourth-order valence-electron chi connectivity index (χ4n) is 2.05. The zero-order valence-electron chi connectivity index (χ0n) is 10.3. The van der Waals surface area contributed by atoms with Crippen molar-refractivity contribution in [2.75, 3.05) is 5.73 Å². The Morgan fingerprint density at radius 2 is 2.00 bits per heavy atom. The van der Waals surface area contributed by atoms with E-state index in [-0.39, 0.29) is 5.82 Å². The molecular formula is C15H13FN2S. The highest BCUT2D eigenvalue weighted by atomic mass is 32.1. The van der Waals surface area contributed by atoms with Crippen molar-refractivity contribution in [3.8, 4) is 0 Å². The first-order chi connectivity index (χ1) is 9.20. The third-order valence-corrected chi connectivity index (χ3v) is 4.05. The van der Waals surface area contributed by atoms with E-state index in [1.54, 1.807) is 17.4 Å².